The van der Waals surface area contributed by atoms with Crippen LogP contribution in [-0.2, 0) is 23.2 Å². The number of hydrogen-bond donors (Lipinski definition) is 2. The van der Waals surface area contributed by atoms with Crippen molar-refractivity contribution >= 4 is 11.9 Å². The fraction of sp³-hybridized carbons (Fsp3) is 0.562. The molecule has 4 saturated carbocycles. The van der Waals surface area contributed by atoms with Crippen molar-refractivity contribution in [1.29, 1.82) is 0 Å². The first-order chi connectivity index (χ1) is 18.7. The standard InChI is InChI=1S/C32H39F2NO4/c1-3-7-39-29-14-27(33)23(11-22(4-2)31(37)38)12-24(29)18-35-30(36)26-6-5-25(13-28(26)34)32-15-19-8-20(16-32)10-21(9-19)17-32/h5-6,12-14,19-22H,3-4,7-11,15-18H2,1-2H3,(H,35,36)(H,37,38)/t19?,20?,21?,22-,32?/m0/s1. The summed E-state index contributed by atoms with van der Waals surface area (Å²) in [6, 6.07) is 7.92. The zero-order valence-corrected chi connectivity index (χ0v) is 22.9. The van der Waals surface area contributed by atoms with Gasteiger partial charge in [-0.15, -0.1) is 0 Å². The Morgan fingerprint density at radius 1 is 1.00 bits per heavy atom. The molecule has 1 atom stereocenters. The van der Waals surface area contributed by atoms with Gasteiger partial charge in [-0.25, -0.2) is 8.78 Å². The highest BCUT2D eigenvalue weighted by molar-refractivity contribution is 5.94. The topological polar surface area (TPSA) is 75.6 Å². The molecule has 0 spiro atoms. The van der Waals surface area contributed by atoms with Gasteiger partial charge < -0.3 is 15.2 Å². The summed E-state index contributed by atoms with van der Waals surface area (Å²) in [6.45, 7) is 4.05. The van der Waals surface area contributed by atoms with Gasteiger partial charge >= 0.3 is 5.97 Å². The zero-order chi connectivity index (χ0) is 27.7. The number of aliphatic carboxylic acids is 1. The van der Waals surface area contributed by atoms with Gasteiger partial charge in [0.25, 0.3) is 5.91 Å². The average Bonchev–Trinajstić information content (AvgIpc) is 2.89. The number of hydrogen-bond acceptors (Lipinski definition) is 3. The second kappa shape index (κ2) is 11.3. The molecule has 7 heteroatoms. The summed E-state index contributed by atoms with van der Waals surface area (Å²) in [7, 11) is 0. The van der Waals surface area contributed by atoms with Crippen LogP contribution in [0.5, 0.6) is 5.75 Å². The maximum absolute atomic E-state index is 15.3. The lowest BCUT2D eigenvalue weighted by molar-refractivity contribution is -0.141. The molecule has 4 aliphatic carbocycles. The van der Waals surface area contributed by atoms with Crippen molar-refractivity contribution in [3.8, 4) is 5.75 Å². The van der Waals surface area contributed by atoms with Gasteiger partial charge in [-0.1, -0.05) is 19.9 Å². The van der Waals surface area contributed by atoms with Crippen molar-refractivity contribution in [2.75, 3.05) is 6.61 Å². The van der Waals surface area contributed by atoms with Crippen molar-refractivity contribution in [3.63, 3.8) is 0 Å². The number of carbonyl (C=O) groups is 2. The smallest absolute Gasteiger partial charge is 0.306 e. The molecular weight excluding hydrogens is 500 g/mol. The third-order valence-electron chi connectivity index (χ3n) is 9.30. The summed E-state index contributed by atoms with van der Waals surface area (Å²) in [5.41, 5.74) is 1.84. The lowest BCUT2D eigenvalue weighted by atomic mass is 9.48. The molecule has 2 aromatic rings. The molecule has 2 aromatic carbocycles. The molecule has 0 heterocycles. The molecule has 210 valence electrons. The van der Waals surface area contributed by atoms with Crippen molar-refractivity contribution in [2.24, 2.45) is 23.7 Å². The van der Waals surface area contributed by atoms with E-state index in [0.717, 1.165) is 42.6 Å². The summed E-state index contributed by atoms with van der Waals surface area (Å²) in [6.07, 6.45) is 8.43. The van der Waals surface area contributed by atoms with Gasteiger partial charge in [0, 0.05) is 18.2 Å². The Morgan fingerprint density at radius 2 is 1.67 bits per heavy atom. The highest BCUT2D eigenvalue weighted by Gasteiger charge is 2.51. The van der Waals surface area contributed by atoms with Gasteiger partial charge in [0.2, 0.25) is 0 Å². The van der Waals surface area contributed by atoms with Crippen LogP contribution in [0.4, 0.5) is 8.78 Å². The molecule has 6 rings (SSSR count). The second-order valence-electron chi connectivity index (χ2n) is 12.1. The molecule has 4 fully saturated rings. The molecule has 2 N–H and O–H groups in total. The van der Waals surface area contributed by atoms with Crippen molar-refractivity contribution < 1.29 is 28.2 Å². The van der Waals surface area contributed by atoms with Gasteiger partial charge in [-0.2, -0.15) is 0 Å². The van der Waals surface area contributed by atoms with E-state index in [1.807, 2.05) is 13.0 Å². The Morgan fingerprint density at radius 3 is 2.23 bits per heavy atom. The largest absolute Gasteiger partial charge is 0.493 e. The Bertz CT molecular complexity index is 1210. The number of carboxylic acids is 1. The van der Waals surface area contributed by atoms with Crippen molar-refractivity contribution in [1.82, 2.24) is 5.32 Å². The Hall–Kier alpha value is -2.96. The number of benzene rings is 2. The minimum Gasteiger partial charge on any atom is -0.493 e. The number of amides is 1. The summed E-state index contributed by atoms with van der Waals surface area (Å²) in [5, 5.41) is 12.2. The molecule has 0 aliphatic heterocycles. The van der Waals surface area contributed by atoms with E-state index in [0.29, 0.717) is 30.8 Å². The van der Waals surface area contributed by atoms with Crippen molar-refractivity contribution in [2.45, 2.75) is 83.6 Å². The van der Waals surface area contributed by atoms with E-state index in [2.05, 4.69) is 5.32 Å². The lowest BCUT2D eigenvalue weighted by Gasteiger charge is -2.57. The minimum atomic E-state index is -0.981. The highest BCUT2D eigenvalue weighted by Crippen LogP contribution is 2.60. The molecule has 0 unspecified atom stereocenters. The number of ether oxygens (including phenoxy) is 1. The number of rotatable bonds is 11. The average molecular weight is 540 g/mol. The first-order valence-corrected chi connectivity index (χ1v) is 14.5. The minimum absolute atomic E-state index is 0.00515. The predicted molar refractivity (Wildman–Crippen MR) is 145 cm³/mol. The molecule has 4 aliphatic rings. The van der Waals surface area contributed by atoms with Gasteiger partial charge in [0.1, 0.15) is 17.4 Å². The van der Waals surface area contributed by atoms with Gasteiger partial charge in [0.05, 0.1) is 18.1 Å². The molecule has 1 amide bonds. The molecule has 0 aromatic heterocycles. The normalized spacial score (nSPS) is 25.9. The predicted octanol–water partition coefficient (Wildman–Crippen LogP) is 6.80. The molecule has 0 saturated heterocycles. The first-order valence-electron chi connectivity index (χ1n) is 14.5. The second-order valence-corrected chi connectivity index (χ2v) is 12.1. The molecule has 0 radical (unpaired) electrons. The number of nitrogens with one attached hydrogen (secondary N) is 1. The van der Waals surface area contributed by atoms with E-state index < -0.39 is 29.4 Å². The summed E-state index contributed by atoms with van der Waals surface area (Å²) in [5.74, 6) is -0.775. The van der Waals surface area contributed by atoms with Crippen LogP contribution in [0.3, 0.4) is 0 Å². The van der Waals surface area contributed by atoms with Gasteiger partial charge in [0.15, 0.2) is 0 Å². The number of carbonyl (C=O) groups excluding carboxylic acids is 1. The molecule has 5 nitrogen and oxygen atoms in total. The first kappa shape index (κ1) is 27.6. The van der Waals surface area contributed by atoms with Gasteiger partial charge in [-0.05, 0) is 110 Å². The van der Waals surface area contributed by atoms with Crippen LogP contribution in [-0.4, -0.2) is 23.6 Å². The Balaban J connectivity index is 1.32. The Kier molecular flexibility index (Phi) is 7.97. The van der Waals surface area contributed by atoms with E-state index in [9.17, 15) is 19.1 Å². The highest BCUT2D eigenvalue weighted by atomic mass is 19.1. The SMILES string of the molecule is CCCOc1cc(F)c(C[C@H](CC)C(=O)O)cc1CNC(=O)c1ccc(C23CC4CC(CC(C4)C2)C3)cc1F. The molecule has 4 bridgehead atoms. The van der Waals surface area contributed by atoms with Crippen LogP contribution in [0.15, 0.2) is 30.3 Å². The van der Waals surface area contributed by atoms with Crippen LogP contribution < -0.4 is 10.1 Å². The van der Waals surface area contributed by atoms with E-state index in [1.54, 1.807) is 25.1 Å². The summed E-state index contributed by atoms with van der Waals surface area (Å²) in [4.78, 5) is 24.6. The van der Waals surface area contributed by atoms with Crippen LogP contribution in [0.1, 0.15) is 92.3 Å². The molecule has 39 heavy (non-hydrogen) atoms. The maximum atomic E-state index is 15.3. The lowest BCUT2D eigenvalue weighted by Crippen LogP contribution is -2.48. The van der Waals surface area contributed by atoms with Crippen LogP contribution in [0.25, 0.3) is 0 Å². The quantitative estimate of drug-likeness (QED) is 0.329. The summed E-state index contributed by atoms with van der Waals surface area (Å²) < 4.78 is 35.9. The number of carboxylic acid groups (broad SMARTS) is 1. The zero-order valence-electron chi connectivity index (χ0n) is 22.9. The van der Waals surface area contributed by atoms with E-state index in [-0.39, 0.29) is 29.5 Å². The third-order valence-corrected chi connectivity index (χ3v) is 9.30. The Labute approximate surface area is 229 Å². The summed E-state index contributed by atoms with van der Waals surface area (Å²) >= 11 is 0. The van der Waals surface area contributed by atoms with Crippen LogP contribution in [0, 0.1) is 35.3 Å². The number of halogens is 2. The third kappa shape index (κ3) is 5.68. The van der Waals surface area contributed by atoms with Gasteiger partial charge in [-0.3, -0.25) is 9.59 Å². The van der Waals surface area contributed by atoms with E-state index >= 15 is 4.39 Å². The van der Waals surface area contributed by atoms with E-state index in [1.165, 1.54) is 25.3 Å². The van der Waals surface area contributed by atoms with E-state index in [4.69, 9.17) is 4.74 Å². The van der Waals surface area contributed by atoms with Crippen molar-refractivity contribution in [3.05, 3.63) is 64.2 Å². The monoisotopic (exact) mass is 539 g/mol. The van der Waals surface area contributed by atoms with Crippen LogP contribution in [0.2, 0.25) is 0 Å². The fourth-order valence-corrected chi connectivity index (χ4v) is 7.73. The van der Waals surface area contributed by atoms with Crippen LogP contribution >= 0.6 is 0 Å². The fourth-order valence-electron chi connectivity index (χ4n) is 7.73. The maximum Gasteiger partial charge on any atom is 0.306 e. The molecular formula is C32H39F2NO4.